The fourth-order valence-electron chi connectivity index (χ4n) is 2.52. The van der Waals surface area contributed by atoms with E-state index in [-0.39, 0.29) is 24.0 Å². The normalized spacial score (nSPS) is 11.3. The first-order valence-corrected chi connectivity index (χ1v) is 8.73. The van der Waals surface area contributed by atoms with E-state index in [1.807, 2.05) is 23.7 Å². The highest BCUT2D eigenvalue weighted by molar-refractivity contribution is 14.0. The number of hydrogen-bond acceptors (Lipinski definition) is 4. The van der Waals surface area contributed by atoms with Crippen LogP contribution < -0.4 is 10.6 Å². The Balaban J connectivity index is 0.00000338. The number of ether oxygens (including phenoxy) is 1. The number of halogens is 1. The number of methoxy groups -OCH3 is 1. The molecule has 0 saturated heterocycles. The molecule has 146 valence electrons. The molecule has 2 aromatic rings. The molecule has 0 unspecified atom stereocenters. The lowest BCUT2D eigenvalue weighted by Gasteiger charge is -2.12. The Kier molecular flexibility index (Phi) is 11.0. The molecule has 0 amide bonds. The summed E-state index contributed by atoms with van der Waals surface area (Å²) >= 11 is 0. The Hall–Kier alpha value is -1.55. The van der Waals surface area contributed by atoms with Crippen LogP contribution in [0, 0.1) is 13.8 Å². The van der Waals surface area contributed by atoms with Gasteiger partial charge in [-0.1, -0.05) is 0 Å². The largest absolute Gasteiger partial charge is 0.469 e. The van der Waals surface area contributed by atoms with Gasteiger partial charge in [0.2, 0.25) is 0 Å². The lowest BCUT2D eigenvalue weighted by atomic mass is 10.3. The second-order valence-electron chi connectivity index (χ2n) is 5.91. The highest BCUT2D eigenvalue weighted by Gasteiger charge is 2.02. The molecule has 0 aromatic carbocycles. The van der Waals surface area contributed by atoms with Crippen LogP contribution in [-0.4, -0.2) is 49.1 Å². The van der Waals surface area contributed by atoms with Gasteiger partial charge in [-0.25, -0.2) is 0 Å². The van der Waals surface area contributed by atoms with Gasteiger partial charge in [-0.3, -0.25) is 9.67 Å². The van der Waals surface area contributed by atoms with Crippen molar-refractivity contribution in [3.05, 3.63) is 41.6 Å². The standard InChI is InChI=1S/C18H29N5O2.HI/c1-15-14-16(2)23(22-15)11-5-8-19-18(21-10-13-24-3)20-9-7-17-6-4-12-25-17;/h4,6,12,14H,5,7-11,13H2,1-3H3,(H2,19,20,21);1H. The quantitative estimate of drug-likeness (QED) is 0.239. The van der Waals surface area contributed by atoms with Crippen molar-refractivity contribution >= 4 is 29.9 Å². The van der Waals surface area contributed by atoms with Gasteiger partial charge < -0.3 is 19.8 Å². The fourth-order valence-corrected chi connectivity index (χ4v) is 2.52. The summed E-state index contributed by atoms with van der Waals surface area (Å²) < 4.78 is 12.5. The van der Waals surface area contributed by atoms with E-state index in [1.54, 1.807) is 13.4 Å². The van der Waals surface area contributed by atoms with Crippen molar-refractivity contribution in [1.29, 1.82) is 0 Å². The molecule has 2 N–H and O–H groups in total. The third-order valence-electron chi connectivity index (χ3n) is 3.74. The highest BCUT2D eigenvalue weighted by atomic mass is 127. The number of furan rings is 1. The van der Waals surface area contributed by atoms with Gasteiger partial charge in [-0.15, -0.1) is 24.0 Å². The molecule has 26 heavy (non-hydrogen) atoms. The smallest absolute Gasteiger partial charge is 0.191 e. The van der Waals surface area contributed by atoms with Gasteiger partial charge in [0.15, 0.2) is 5.96 Å². The van der Waals surface area contributed by atoms with Crippen LogP contribution in [-0.2, 0) is 17.7 Å². The first-order chi connectivity index (χ1) is 12.2. The number of aryl methyl sites for hydroxylation is 3. The van der Waals surface area contributed by atoms with Crippen molar-refractivity contribution in [3.8, 4) is 0 Å². The van der Waals surface area contributed by atoms with Crippen LogP contribution in [0.3, 0.4) is 0 Å². The zero-order valence-corrected chi connectivity index (χ0v) is 18.2. The zero-order chi connectivity index (χ0) is 17.9. The summed E-state index contributed by atoms with van der Waals surface area (Å²) in [4.78, 5) is 4.63. The van der Waals surface area contributed by atoms with Crippen molar-refractivity contribution in [2.45, 2.75) is 33.2 Å². The number of aromatic nitrogens is 2. The lowest BCUT2D eigenvalue weighted by Crippen LogP contribution is -2.40. The molecule has 0 aliphatic rings. The van der Waals surface area contributed by atoms with Gasteiger partial charge in [0.25, 0.3) is 0 Å². The maximum absolute atomic E-state index is 5.34. The molecule has 0 aliphatic heterocycles. The minimum atomic E-state index is 0. The predicted molar refractivity (Wildman–Crippen MR) is 114 cm³/mol. The van der Waals surface area contributed by atoms with Crippen LogP contribution in [0.2, 0.25) is 0 Å². The number of hydrogen-bond donors (Lipinski definition) is 2. The number of nitrogens with one attached hydrogen (secondary N) is 2. The SMILES string of the molecule is COCCNC(=NCCCn1nc(C)cc1C)NCCc1ccco1.I. The van der Waals surface area contributed by atoms with E-state index >= 15 is 0 Å². The third kappa shape index (κ3) is 8.22. The zero-order valence-electron chi connectivity index (χ0n) is 15.8. The summed E-state index contributed by atoms with van der Waals surface area (Å²) in [5.74, 6) is 1.77. The van der Waals surface area contributed by atoms with Gasteiger partial charge >= 0.3 is 0 Å². The maximum Gasteiger partial charge on any atom is 0.191 e. The summed E-state index contributed by atoms with van der Waals surface area (Å²) in [7, 11) is 1.69. The minimum Gasteiger partial charge on any atom is -0.469 e. The van der Waals surface area contributed by atoms with Crippen LogP contribution in [0.25, 0.3) is 0 Å². The Morgan fingerprint density at radius 1 is 1.31 bits per heavy atom. The van der Waals surface area contributed by atoms with Gasteiger partial charge in [0.1, 0.15) is 5.76 Å². The first-order valence-electron chi connectivity index (χ1n) is 8.73. The van der Waals surface area contributed by atoms with Gasteiger partial charge in [-0.05, 0) is 38.5 Å². The number of rotatable bonds is 10. The van der Waals surface area contributed by atoms with E-state index in [1.165, 1.54) is 5.69 Å². The molecule has 0 spiro atoms. The van der Waals surface area contributed by atoms with E-state index in [0.717, 1.165) is 56.4 Å². The molecular weight excluding hydrogens is 445 g/mol. The predicted octanol–water partition coefficient (Wildman–Crippen LogP) is 2.53. The molecule has 2 aromatic heterocycles. The topological polar surface area (TPSA) is 76.6 Å². The second-order valence-corrected chi connectivity index (χ2v) is 5.91. The molecule has 0 saturated carbocycles. The average Bonchev–Trinajstić information content (AvgIpc) is 3.21. The maximum atomic E-state index is 5.34. The van der Waals surface area contributed by atoms with E-state index in [9.17, 15) is 0 Å². The van der Waals surface area contributed by atoms with E-state index in [2.05, 4.69) is 33.7 Å². The van der Waals surface area contributed by atoms with Crippen molar-refractivity contribution in [1.82, 2.24) is 20.4 Å². The molecule has 2 rings (SSSR count). The van der Waals surface area contributed by atoms with Crippen molar-refractivity contribution in [3.63, 3.8) is 0 Å². The molecule has 8 heteroatoms. The second kappa shape index (κ2) is 12.7. The summed E-state index contributed by atoms with van der Waals surface area (Å²) in [5.41, 5.74) is 2.25. The number of aliphatic imine (C=N–C) groups is 1. The average molecular weight is 475 g/mol. The van der Waals surface area contributed by atoms with Gasteiger partial charge in [0, 0.05) is 45.4 Å². The molecule has 2 heterocycles. The van der Waals surface area contributed by atoms with E-state index < -0.39 is 0 Å². The Morgan fingerprint density at radius 3 is 2.77 bits per heavy atom. The summed E-state index contributed by atoms with van der Waals surface area (Å²) in [6.07, 6.45) is 3.46. The number of guanidine groups is 1. The Bertz CT molecular complexity index is 640. The molecule has 0 aliphatic carbocycles. The van der Waals surface area contributed by atoms with Gasteiger partial charge in [0.05, 0.1) is 18.6 Å². The van der Waals surface area contributed by atoms with Crippen molar-refractivity contribution < 1.29 is 9.15 Å². The summed E-state index contributed by atoms with van der Waals surface area (Å²) in [6.45, 7) is 7.84. The van der Waals surface area contributed by atoms with Crippen LogP contribution in [0.5, 0.6) is 0 Å². The number of nitrogens with zero attached hydrogens (tertiary/aromatic N) is 3. The molecule has 0 bridgehead atoms. The highest BCUT2D eigenvalue weighted by Crippen LogP contribution is 2.02. The fraction of sp³-hybridized carbons (Fsp3) is 0.556. The third-order valence-corrected chi connectivity index (χ3v) is 3.74. The van der Waals surface area contributed by atoms with Crippen molar-refractivity contribution in [2.75, 3.05) is 33.4 Å². The summed E-state index contributed by atoms with van der Waals surface area (Å²) in [5, 5.41) is 11.1. The minimum absolute atomic E-state index is 0. The molecule has 0 radical (unpaired) electrons. The molecule has 0 fully saturated rings. The molecule has 7 nitrogen and oxygen atoms in total. The first kappa shape index (κ1) is 22.5. The van der Waals surface area contributed by atoms with Crippen LogP contribution >= 0.6 is 24.0 Å². The summed E-state index contributed by atoms with van der Waals surface area (Å²) in [6, 6.07) is 5.97. The van der Waals surface area contributed by atoms with Crippen LogP contribution in [0.4, 0.5) is 0 Å². The molecular formula is C18H30IN5O2. The van der Waals surface area contributed by atoms with Crippen molar-refractivity contribution in [2.24, 2.45) is 4.99 Å². The monoisotopic (exact) mass is 475 g/mol. The lowest BCUT2D eigenvalue weighted by molar-refractivity contribution is 0.203. The van der Waals surface area contributed by atoms with Crippen LogP contribution in [0.1, 0.15) is 23.6 Å². The van der Waals surface area contributed by atoms with Gasteiger partial charge in [-0.2, -0.15) is 5.10 Å². The molecule has 0 atom stereocenters. The Morgan fingerprint density at radius 2 is 2.12 bits per heavy atom. The van der Waals surface area contributed by atoms with E-state index in [4.69, 9.17) is 9.15 Å². The van der Waals surface area contributed by atoms with E-state index in [0.29, 0.717) is 6.61 Å². The Labute approximate surface area is 172 Å². The van der Waals surface area contributed by atoms with Crippen LogP contribution in [0.15, 0.2) is 33.9 Å².